The quantitative estimate of drug-likeness (QED) is 0.643. The highest BCUT2D eigenvalue weighted by molar-refractivity contribution is 8.31. The second-order valence-electron chi connectivity index (χ2n) is 1.40. The maximum Gasteiger partial charge on any atom is 0.317 e. The van der Waals surface area contributed by atoms with Crippen LogP contribution in [0.5, 0.6) is 0 Å². The molecule has 0 spiro atoms. The number of pyridine rings is 1. The van der Waals surface area contributed by atoms with Crippen molar-refractivity contribution in [3.8, 4) is 0 Å². The van der Waals surface area contributed by atoms with Gasteiger partial charge in [0.1, 0.15) is 0 Å². The van der Waals surface area contributed by atoms with Crippen LogP contribution in [0, 0.1) is 0 Å². The lowest BCUT2D eigenvalue weighted by Gasteiger charge is -1.70. The molecule has 0 unspecified atom stereocenters. The number of hydrogen-bond donors (Lipinski definition) is 0. The molecule has 0 amide bonds. The Morgan fingerprint density at radius 3 is 1.42 bits per heavy atom. The van der Waals surface area contributed by atoms with Crippen LogP contribution in [0.4, 0.5) is 0 Å². The summed E-state index contributed by atoms with van der Waals surface area (Å²) in [7, 11) is 4.81. The molecule has 12 heavy (non-hydrogen) atoms. The highest BCUT2D eigenvalue weighted by Gasteiger charge is 1.88. The minimum absolute atomic E-state index is 0. The van der Waals surface area contributed by atoms with Crippen LogP contribution in [0.2, 0.25) is 0 Å². The van der Waals surface area contributed by atoms with Gasteiger partial charge in [-0.1, -0.05) is 13.5 Å². The van der Waals surface area contributed by atoms with Gasteiger partial charge in [-0.05, 0) is 12.1 Å². The number of hydrogen-bond acceptors (Lipinski definition) is 3. The van der Waals surface area contributed by atoms with Gasteiger partial charge in [0.05, 0.1) is 0 Å². The van der Waals surface area contributed by atoms with Gasteiger partial charge in [-0.25, -0.2) is 0 Å². The summed E-state index contributed by atoms with van der Waals surface area (Å²) in [6, 6.07) is 5.72. The van der Waals surface area contributed by atoms with Crippen molar-refractivity contribution in [2.24, 2.45) is 0 Å². The van der Waals surface area contributed by atoms with E-state index in [0.717, 1.165) is 0 Å². The Kier molecular flexibility index (Phi) is 8.69. The Morgan fingerprint density at radius 2 is 1.33 bits per heavy atom. The minimum Gasteiger partial charge on any atom is -0.265 e. The van der Waals surface area contributed by atoms with Gasteiger partial charge in [0.15, 0.2) is 0 Å². The molecule has 0 bridgehead atoms. The normalized spacial score (nSPS) is 8.83. The predicted octanol–water partition coefficient (Wildman–Crippen LogP) is 2.43. The molecule has 1 rings (SSSR count). The third kappa shape index (κ3) is 22.6. The first-order valence-corrected chi connectivity index (χ1v) is 5.63. The molecule has 1 heterocycles. The molecule has 0 saturated heterocycles. The molecule has 6 heteroatoms. The summed E-state index contributed by atoms with van der Waals surface area (Å²) in [4.78, 5) is 3.78. The molecule has 1 aromatic rings. The first kappa shape index (κ1) is 14.2. The monoisotopic (exact) mass is 229 g/mol. The molecule has 0 aliphatic heterocycles. The summed E-state index contributed by atoms with van der Waals surface area (Å²) in [5.41, 5.74) is 0. The molecule has 0 aliphatic rings. The van der Waals surface area contributed by atoms with Crippen molar-refractivity contribution in [3.63, 3.8) is 0 Å². The fourth-order valence-electron chi connectivity index (χ4n) is 0.313. The predicted molar refractivity (Wildman–Crippen MR) is 51.6 cm³/mol. The highest BCUT2D eigenvalue weighted by Crippen LogP contribution is 1.98. The maximum absolute atomic E-state index is 9.16. The van der Waals surface area contributed by atoms with Crippen LogP contribution in [0.15, 0.2) is 30.6 Å². The van der Waals surface area contributed by atoms with Gasteiger partial charge in [-0.15, -0.1) is 0 Å². The van der Waals surface area contributed by atoms with E-state index in [-0.39, 0.29) is 7.43 Å². The Bertz CT molecular complexity index is 240. The van der Waals surface area contributed by atoms with Crippen molar-refractivity contribution < 1.29 is 8.42 Å². The maximum atomic E-state index is 9.16. The van der Waals surface area contributed by atoms with E-state index in [2.05, 4.69) is 26.3 Å². The number of aromatic nitrogens is 1. The molecular weight excluding hydrogens is 221 g/mol. The zero-order chi connectivity index (χ0) is 8.74. The number of nitrogens with zero attached hydrogens (tertiary/aromatic N) is 1. The van der Waals surface area contributed by atoms with Crippen molar-refractivity contribution in [2.75, 3.05) is 0 Å². The van der Waals surface area contributed by atoms with Crippen molar-refractivity contribution in [1.82, 2.24) is 4.98 Å². The summed E-state index contributed by atoms with van der Waals surface area (Å²) in [6.07, 6.45) is 3.50. The topological polar surface area (TPSA) is 47.0 Å². The average Bonchev–Trinajstić information content (AvgIpc) is 1.88. The molecule has 0 atom stereocenters. The van der Waals surface area contributed by atoms with E-state index in [0.29, 0.717) is 0 Å². The van der Waals surface area contributed by atoms with Crippen LogP contribution < -0.4 is 0 Å². The van der Waals surface area contributed by atoms with Gasteiger partial charge in [-0.3, -0.25) is 4.98 Å². The Labute approximate surface area is 81.3 Å². The first-order chi connectivity index (χ1) is 5.00. The van der Waals surface area contributed by atoms with E-state index in [1.165, 1.54) is 0 Å². The van der Waals surface area contributed by atoms with Crippen molar-refractivity contribution in [1.29, 1.82) is 0 Å². The largest absolute Gasteiger partial charge is 0.317 e. The van der Waals surface area contributed by atoms with E-state index in [1.807, 2.05) is 18.2 Å². The van der Waals surface area contributed by atoms with Crippen LogP contribution in [0.25, 0.3) is 0 Å². The van der Waals surface area contributed by atoms with Crippen LogP contribution in [-0.4, -0.2) is 13.4 Å². The van der Waals surface area contributed by atoms with Crippen LogP contribution >= 0.6 is 21.4 Å². The van der Waals surface area contributed by atoms with E-state index in [9.17, 15) is 0 Å². The van der Waals surface area contributed by atoms with Crippen LogP contribution in [0.1, 0.15) is 7.43 Å². The third-order valence-electron chi connectivity index (χ3n) is 0.566. The molecule has 1 aromatic heterocycles. The lowest BCUT2D eigenvalue weighted by atomic mass is 10.5. The third-order valence-corrected chi connectivity index (χ3v) is 0.566. The van der Waals surface area contributed by atoms with Gasteiger partial charge >= 0.3 is 8.26 Å². The van der Waals surface area contributed by atoms with Gasteiger partial charge in [-0.2, -0.15) is 8.42 Å². The second-order valence-corrected chi connectivity index (χ2v) is 5.07. The number of rotatable bonds is 0. The first-order valence-electron chi connectivity index (χ1n) is 2.49. The summed E-state index contributed by atoms with van der Waals surface area (Å²) < 4.78 is 18.3. The summed E-state index contributed by atoms with van der Waals surface area (Å²) in [5, 5.41) is 0. The van der Waals surface area contributed by atoms with Crippen molar-refractivity contribution in [3.05, 3.63) is 30.6 Å². The fourth-order valence-corrected chi connectivity index (χ4v) is 0.313. The van der Waals surface area contributed by atoms with Gasteiger partial charge in [0.2, 0.25) is 0 Å². The average molecular weight is 230 g/mol. The molecule has 0 aromatic carbocycles. The zero-order valence-corrected chi connectivity index (χ0v) is 7.64. The fraction of sp³-hybridized carbons (Fsp3) is 0.167. The molecule has 0 fully saturated rings. The molecule has 3 nitrogen and oxygen atoms in total. The standard InChI is InChI=1S/C5H5N.CH4.Cl2O2S/c1-2-4-6-5-3-1;;1-5(2,3)4/h1-5H;1H4;. The Balaban J connectivity index is 0. The SMILES string of the molecule is C.O=S(=O)(Cl)Cl.c1ccncc1. The van der Waals surface area contributed by atoms with Crippen molar-refractivity contribution in [2.45, 2.75) is 7.43 Å². The highest BCUT2D eigenvalue weighted by atomic mass is 36.0. The zero-order valence-electron chi connectivity index (χ0n) is 5.31. The van der Waals surface area contributed by atoms with Gasteiger partial charge < -0.3 is 0 Å². The van der Waals surface area contributed by atoms with Crippen LogP contribution in [-0.2, 0) is 8.26 Å². The molecule has 70 valence electrons. The molecule has 0 aliphatic carbocycles. The van der Waals surface area contributed by atoms with E-state index in [1.54, 1.807) is 12.4 Å². The summed E-state index contributed by atoms with van der Waals surface area (Å²) in [6.45, 7) is 0. The summed E-state index contributed by atoms with van der Waals surface area (Å²) in [5.74, 6) is 0. The Morgan fingerprint density at radius 1 is 1.00 bits per heavy atom. The number of halogens is 2. The lowest BCUT2D eigenvalue weighted by Crippen LogP contribution is -1.63. The van der Waals surface area contributed by atoms with Gasteiger partial charge in [0, 0.05) is 33.8 Å². The molecule has 0 radical (unpaired) electrons. The van der Waals surface area contributed by atoms with Crippen molar-refractivity contribution >= 4 is 29.6 Å². The molecular formula is C6H9Cl2NO2S. The summed E-state index contributed by atoms with van der Waals surface area (Å²) >= 11 is 0. The van der Waals surface area contributed by atoms with Gasteiger partial charge in [0.25, 0.3) is 0 Å². The smallest absolute Gasteiger partial charge is 0.265 e. The van der Waals surface area contributed by atoms with E-state index < -0.39 is 8.26 Å². The second kappa shape index (κ2) is 7.34. The van der Waals surface area contributed by atoms with E-state index >= 15 is 0 Å². The minimum atomic E-state index is -3.72. The molecule has 0 saturated carbocycles. The Hall–Kier alpha value is -0.320. The van der Waals surface area contributed by atoms with E-state index in [4.69, 9.17) is 8.42 Å². The lowest BCUT2D eigenvalue weighted by molar-refractivity contribution is 0.621. The molecule has 0 N–H and O–H groups in total. The van der Waals surface area contributed by atoms with Crippen LogP contribution in [0.3, 0.4) is 0 Å².